The SMILES string of the molecule is C[C@H](CCc1ccccc1)NS(=O)(=O)c1ccc(Cl)c(C(=O)NC2=NCCS2)c1. The first-order chi connectivity index (χ1) is 13.8. The molecule has 1 heterocycles. The highest BCUT2D eigenvalue weighted by Gasteiger charge is 2.22. The number of halogens is 1. The molecule has 0 saturated carbocycles. The molecule has 1 amide bonds. The van der Waals surface area contributed by atoms with Gasteiger partial charge in [-0.2, -0.15) is 0 Å². The molecule has 154 valence electrons. The summed E-state index contributed by atoms with van der Waals surface area (Å²) < 4.78 is 28.2. The van der Waals surface area contributed by atoms with Crippen LogP contribution in [0, 0.1) is 0 Å². The molecule has 1 aliphatic heterocycles. The molecule has 0 radical (unpaired) electrons. The first kappa shape index (κ1) is 21.8. The fraction of sp³-hybridized carbons (Fsp3) is 0.300. The monoisotopic (exact) mass is 451 g/mol. The van der Waals surface area contributed by atoms with Gasteiger partial charge >= 0.3 is 0 Å². The number of aryl methyl sites for hydroxylation is 1. The third-order valence-corrected chi connectivity index (χ3v) is 7.17. The standard InChI is InChI=1S/C20H22ClN3O3S2/c1-14(7-8-15-5-3-2-4-6-15)24-29(26,27)16-9-10-18(21)17(13-16)19(25)23-20-22-11-12-28-20/h2-6,9-10,13-14,24H,7-8,11-12H2,1H3,(H,22,23,25)/t14-/m1/s1. The average Bonchev–Trinajstić information content (AvgIpc) is 3.20. The Morgan fingerprint density at radius 2 is 2.00 bits per heavy atom. The van der Waals surface area contributed by atoms with Crippen molar-refractivity contribution < 1.29 is 13.2 Å². The van der Waals surface area contributed by atoms with E-state index in [0.29, 0.717) is 18.1 Å². The number of aliphatic imine (C=N–C) groups is 1. The highest BCUT2D eigenvalue weighted by molar-refractivity contribution is 8.14. The second-order valence-electron chi connectivity index (χ2n) is 6.68. The van der Waals surface area contributed by atoms with Gasteiger partial charge in [0.1, 0.15) is 0 Å². The number of nitrogens with zero attached hydrogens (tertiary/aromatic N) is 1. The number of benzene rings is 2. The van der Waals surface area contributed by atoms with Crippen LogP contribution in [-0.2, 0) is 16.4 Å². The summed E-state index contributed by atoms with van der Waals surface area (Å²) in [4.78, 5) is 16.6. The molecule has 0 unspecified atom stereocenters. The molecule has 1 atom stereocenters. The molecule has 0 aromatic heterocycles. The van der Waals surface area contributed by atoms with Crippen LogP contribution in [0.3, 0.4) is 0 Å². The summed E-state index contributed by atoms with van der Waals surface area (Å²) in [5.74, 6) is 0.333. The van der Waals surface area contributed by atoms with Gasteiger partial charge in [0.15, 0.2) is 5.17 Å². The predicted molar refractivity (Wildman–Crippen MR) is 118 cm³/mol. The number of nitrogens with one attached hydrogen (secondary N) is 2. The van der Waals surface area contributed by atoms with Gasteiger partial charge in [-0.1, -0.05) is 53.7 Å². The number of amides is 1. The maximum absolute atomic E-state index is 12.8. The fourth-order valence-corrected chi connectivity index (χ4v) is 5.07. The van der Waals surface area contributed by atoms with Crippen molar-refractivity contribution in [3.8, 4) is 0 Å². The Hall–Kier alpha value is -1.87. The minimum Gasteiger partial charge on any atom is -0.301 e. The van der Waals surface area contributed by atoms with Crippen molar-refractivity contribution in [2.75, 3.05) is 12.3 Å². The Labute approximate surface area is 180 Å². The van der Waals surface area contributed by atoms with E-state index in [1.54, 1.807) is 0 Å². The number of hydrogen-bond acceptors (Lipinski definition) is 5. The summed E-state index contributed by atoms with van der Waals surface area (Å²) in [5.41, 5.74) is 1.25. The van der Waals surface area contributed by atoms with Gasteiger partial charge in [-0.3, -0.25) is 9.79 Å². The maximum atomic E-state index is 12.8. The lowest BCUT2D eigenvalue weighted by molar-refractivity contribution is 0.0978. The fourth-order valence-electron chi connectivity index (χ4n) is 2.84. The van der Waals surface area contributed by atoms with Crippen LogP contribution in [-0.4, -0.2) is 37.8 Å². The van der Waals surface area contributed by atoms with Gasteiger partial charge in [0.2, 0.25) is 10.0 Å². The molecule has 2 N–H and O–H groups in total. The number of rotatable bonds is 7. The molecule has 9 heteroatoms. The van der Waals surface area contributed by atoms with E-state index in [1.807, 2.05) is 37.3 Å². The van der Waals surface area contributed by atoms with Crippen LogP contribution in [0.1, 0.15) is 29.3 Å². The van der Waals surface area contributed by atoms with E-state index in [-0.39, 0.29) is 21.5 Å². The van der Waals surface area contributed by atoms with Crippen LogP contribution >= 0.6 is 23.4 Å². The summed E-state index contributed by atoms with van der Waals surface area (Å²) in [6.45, 7) is 2.46. The Bertz CT molecular complexity index is 1010. The normalized spacial score (nSPS) is 15.0. The zero-order valence-electron chi connectivity index (χ0n) is 15.9. The van der Waals surface area contributed by atoms with Crippen molar-refractivity contribution >= 4 is 44.5 Å². The first-order valence-corrected chi connectivity index (χ1v) is 12.0. The minimum absolute atomic E-state index is 0.000347. The van der Waals surface area contributed by atoms with E-state index in [2.05, 4.69) is 15.0 Å². The van der Waals surface area contributed by atoms with Gasteiger partial charge in [-0.15, -0.1) is 0 Å². The smallest absolute Gasteiger partial charge is 0.258 e. The van der Waals surface area contributed by atoms with Crippen molar-refractivity contribution in [2.24, 2.45) is 4.99 Å². The molecular weight excluding hydrogens is 430 g/mol. The number of amidine groups is 1. The van der Waals surface area contributed by atoms with E-state index in [0.717, 1.165) is 17.7 Å². The van der Waals surface area contributed by atoms with Gasteiger partial charge in [-0.05, 0) is 43.5 Å². The number of sulfonamides is 1. The Balaban J connectivity index is 1.68. The van der Waals surface area contributed by atoms with E-state index < -0.39 is 15.9 Å². The third-order valence-electron chi connectivity index (χ3n) is 4.36. The molecule has 2 aromatic rings. The third kappa shape index (κ3) is 6.05. The number of hydrogen-bond donors (Lipinski definition) is 2. The van der Waals surface area contributed by atoms with Gasteiger partial charge in [0, 0.05) is 11.8 Å². The van der Waals surface area contributed by atoms with Gasteiger partial charge < -0.3 is 5.32 Å². The molecule has 0 aliphatic carbocycles. The van der Waals surface area contributed by atoms with E-state index >= 15 is 0 Å². The molecule has 1 aliphatic rings. The molecule has 0 bridgehead atoms. The molecule has 2 aromatic carbocycles. The minimum atomic E-state index is -3.79. The van der Waals surface area contributed by atoms with Crippen LogP contribution in [0.15, 0.2) is 58.4 Å². The number of carbonyl (C=O) groups excluding carboxylic acids is 1. The molecule has 29 heavy (non-hydrogen) atoms. The molecule has 3 rings (SSSR count). The maximum Gasteiger partial charge on any atom is 0.258 e. The molecule has 6 nitrogen and oxygen atoms in total. The largest absolute Gasteiger partial charge is 0.301 e. The van der Waals surface area contributed by atoms with Crippen LogP contribution in [0.25, 0.3) is 0 Å². The lowest BCUT2D eigenvalue weighted by atomic mass is 10.1. The van der Waals surface area contributed by atoms with Crippen molar-refractivity contribution in [2.45, 2.75) is 30.7 Å². The summed E-state index contributed by atoms with van der Waals surface area (Å²) in [6, 6.07) is 13.7. The van der Waals surface area contributed by atoms with Crippen molar-refractivity contribution in [1.29, 1.82) is 0 Å². The van der Waals surface area contributed by atoms with Gasteiger partial charge in [0.25, 0.3) is 5.91 Å². The highest BCUT2D eigenvalue weighted by Crippen LogP contribution is 2.22. The van der Waals surface area contributed by atoms with Gasteiger partial charge in [-0.25, -0.2) is 13.1 Å². The lowest BCUT2D eigenvalue weighted by Gasteiger charge is -2.15. The van der Waals surface area contributed by atoms with Crippen LogP contribution in [0.2, 0.25) is 5.02 Å². The highest BCUT2D eigenvalue weighted by atomic mass is 35.5. The summed E-state index contributed by atoms with van der Waals surface area (Å²) in [6.07, 6.45) is 1.42. The Morgan fingerprint density at radius 3 is 2.69 bits per heavy atom. The van der Waals surface area contributed by atoms with E-state index in [1.165, 1.54) is 30.0 Å². The van der Waals surface area contributed by atoms with Crippen LogP contribution < -0.4 is 10.0 Å². The summed E-state index contributed by atoms with van der Waals surface area (Å²) in [7, 11) is -3.79. The zero-order valence-corrected chi connectivity index (χ0v) is 18.3. The van der Waals surface area contributed by atoms with Crippen molar-refractivity contribution in [1.82, 2.24) is 10.0 Å². The lowest BCUT2D eigenvalue weighted by Crippen LogP contribution is -2.33. The molecule has 0 spiro atoms. The second kappa shape index (κ2) is 9.75. The van der Waals surface area contributed by atoms with Crippen LogP contribution in [0.4, 0.5) is 0 Å². The second-order valence-corrected chi connectivity index (χ2v) is 9.88. The predicted octanol–water partition coefficient (Wildman–Crippen LogP) is 3.47. The Kier molecular flexibility index (Phi) is 7.34. The van der Waals surface area contributed by atoms with Crippen molar-refractivity contribution in [3.63, 3.8) is 0 Å². The van der Waals surface area contributed by atoms with Gasteiger partial charge in [0.05, 0.1) is 22.0 Å². The van der Waals surface area contributed by atoms with Crippen LogP contribution in [0.5, 0.6) is 0 Å². The Morgan fingerprint density at radius 1 is 1.24 bits per heavy atom. The molecule has 0 fully saturated rings. The molecule has 0 saturated heterocycles. The quantitative estimate of drug-likeness (QED) is 0.674. The van der Waals surface area contributed by atoms with E-state index in [4.69, 9.17) is 11.6 Å². The summed E-state index contributed by atoms with van der Waals surface area (Å²) >= 11 is 7.56. The van der Waals surface area contributed by atoms with Crippen molar-refractivity contribution in [3.05, 3.63) is 64.7 Å². The number of carbonyl (C=O) groups is 1. The van der Waals surface area contributed by atoms with E-state index in [9.17, 15) is 13.2 Å². The zero-order chi connectivity index (χ0) is 20.9. The topological polar surface area (TPSA) is 87.6 Å². The first-order valence-electron chi connectivity index (χ1n) is 9.19. The summed E-state index contributed by atoms with van der Waals surface area (Å²) in [5, 5.41) is 3.37. The number of thioether (sulfide) groups is 1. The molecular formula is C20H22ClN3O3S2. The average molecular weight is 452 g/mol.